The molecule has 0 N–H and O–H groups in total. The van der Waals surface area contributed by atoms with Gasteiger partial charge in [0.15, 0.2) is 0 Å². The molecule has 0 aliphatic carbocycles. The lowest BCUT2D eigenvalue weighted by Gasteiger charge is -2.10. The topological polar surface area (TPSA) is 50.1 Å². The van der Waals surface area contributed by atoms with Crippen LogP contribution in [0.5, 0.6) is 6.01 Å². The SMILES string of the molecule is CCOc1nc2ccccc2n1[O-]. The summed E-state index contributed by atoms with van der Waals surface area (Å²) in [5.74, 6) is 0. The summed E-state index contributed by atoms with van der Waals surface area (Å²) >= 11 is 0. The second-order valence-electron chi connectivity index (χ2n) is 2.61. The third kappa shape index (κ3) is 1.20. The molecule has 0 saturated carbocycles. The second-order valence-corrected chi connectivity index (χ2v) is 2.61. The molecule has 0 unspecified atom stereocenters. The molecule has 1 aromatic heterocycles. The molecule has 4 heteroatoms. The van der Waals surface area contributed by atoms with E-state index in [0.717, 1.165) is 0 Å². The molecular formula is C9H9N2O2-. The molecule has 0 amide bonds. The van der Waals surface area contributed by atoms with Crippen LogP contribution in [0.4, 0.5) is 0 Å². The average Bonchev–Trinajstić information content (AvgIpc) is 2.46. The molecule has 2 rings (SSSR count). The van der Waals surface area contributed by atoms with Crippen LogP contribution in [0.3, 0.4) is 0 Å². The number of rotatable bonds is 2. The van der Waals surface area contributed by atoms with Gasteiger partial charge in [-0.05, 0) is 19.1 Å². The summed E-state index contributed by atoms with van der Waals surface area (Å²) in [4.78, 5) is 4.03. The number of imidazole rings is 1. The van der Waals surface area contributed by atoms with Gasteiger partial charge in [-0.15, -0.1) is 0 Å². The van der Waals surface area contributed by atoms with E-state index in [9.17, 15) is 5.21 Å². The number of para-hydroxylation sites is 2. The Balaban J connectivity index is 2.60. The Hall–Kier alpha value is -1.71. The van der Waals surface area contributed by atoms with E-state index in [2.05, 4.69) is 4.98 Å². The number of ether oxygens (including phenoxy) is 1. The minimum absolute atomic E-state index is 0.128. The number of hydrogen-bond donors (Lipinski definition) is 0. The fourth-order valence-corrected chi connectivity index (χ4v) is 1.20. The predicted octanol–water partition coefficient (Wildman–Crippen LogP) is 1.78. The zero-order valence-corrected chi connectivity index (χ0v) is 7.23. The largest absolute Gasteiger partial charge is 0.802 e. The van der Waals surface area contributed by atoms with Crippen LogP contribution in [0, 0.1) is 5.21 Å². The van der Waals surface area contributed by atoms with Crippen molar-refractivity contribution >= 4 is 11.0 Å². The van der Waals surface area contributed by atoms with Gasteiger partial charge in [-0.1, -0.05) is 12.1 Å². The van der Waals surface area contributed by atoms with Crippen molar-refractivity contribution in [3.05, 3.63) is 29.5 Å². The minimum Gasteiger partial charge on any atom is -0.802 e. The third-order valence-electron chi connectivity index (χ3n) is 1.76. The molecule has 0 atom stereocenters. The minimum atomic E-state index is 0.128. The fourth-order valence-electron chi connectivity index (χ4n) is 1.20. The quantitative estimate of drug-likeness (QED) is 0.702. The maximum Gasteiger partial charge on any atom is 0.292 e. The predicted molar refractivity (Wildman–Crippen MR) is 49.7 cm³/mol. The van der Waals surface area contributed by atoms with Crippen molar-refractivity contribution in [2.75, 3.05) is 6.61 Å². The summed E-state index contributed by atoms with van der Waals surface area (Å²) < 4.78 is 5.77. The van der Waals surface area contributed by atoms with E-state index in [-0.39, 0.29) is 6.01 Å². The Bertz CT molecular complexity index is 422. The van der Waals surface area contributed by atoms with Gasteiger partial charge in [0, 0.05) is 0 Å². The number of nitrogens with zero attached hydrogens (tertiary/aromatic N) is 2. The molecule has 0 aliphatic rings. The van der Waals surface area contributed by atoms with E-state index in [1.165, 1.54) is 0 Å². The van der Waals surface area contributed by atoms with Crippen LogP contribution in [0.15, 0.2) is 24.3 Å². The lowest BCUT2D eigenvalue weighted by atomic mass is 10.3. The normalized spacial score (nSPS) is 10.5. The van der Waals surface area contributed by atoms with Crippen LogP contribution in [-0.2, 0) is 0 Å². The Kier molecular flexibility index (Phi) is 1.81. The molecule has 0 spiro atoms. The highest BCUT2D eigenvalue weighted by atomic mass is 16.6. The Morgan fingerprint density at radius 1 is 1.46 bits per heavy atom. The first-order chi connectivity index (χ1) is 6.33. The van der Waals surface area contributed by atoms with E-state index in [0.29, 0.717) is 22.4 Å². The maximum atomic E-state index is 11.4. The Morgan fingerprint density at radius 2 is 2.23 bits per heavy atom. The lowest BCUT2D eigenvalue weighted by Crippen LogP contribution is -1.97. The maximum absolute atomic E-state index is 11.4. The molecule has 1 heterocycles. The highest BCUT2D eigenvalue weighted by Crippen LogP contribution is 2.19. The summed E-state index contributed by atoms with van der Waals surface area (Å²) in [6.45, 7) is 2.27. The van der Waals surface area contributed by atoms with Gasteiger partial charge in [-0.3, -0.25) is 0 Å². The van der Waals surface area contributed by atoms with E-state index < -0.39 is 0 Å². The highest BCUT2D eigenvalue weighted by molar-refractivity contribution is 5.76. The standard InChI is InChI=1S/C9H9N2O2/c1-2-13-9-10-7-5-3-4-6-8(7)11(9)12/h3-6H,2H2,1H3/q-1. The van der Waals surface area contributed by atoms with Crippen molar-refractivity contribution in [1.82, 2.24) is 9.71 Å². The van der Waals surface area contributed by atoms with Crippen LogP contribution in [0.25, 0.3) is 11.0 Å². The monoisotopic (exact) mass is 177 g/mol. The zero-order valence-electron chi connectivity index (χ0n) is 7.23. The van der Waals surface area contributed by atoms with Gasteiger partial charge in [0.2, 0.25) is 0 Å². The van der Waals surface area contributed by atoms with Gasteiger partial charge in [-0.25, -0.2) is 0 Å². The summed E-state index contributed by atoms with van der Waals surface area (Å²) in [6, 6.07) is 7.27. The van der Waals surface area contributed by atoms with Gasteiger partial charge < -0.3 is 14.7 Å². The van der Waals surface area contributed by atoms with Crippen molar-refractivity contribution < 1.29 is 4.74 Å². The van der Waals surface area contributed by atoms with Crippen LogP contribution in [0.1, 0.15) is 6.92 Å². The molecular weight excluding hydrogens is 168 g/mol. The molecule has 0 saturated heterocycles. The van der Waals surface area contributed by atoms with Crippen LogP contribution in [-0.4, -0.2) is 16.3 Å². The molecule has 1 aromatic carbocycles. The van der Waals surface area contributed by atoms with E-state index in [4.69, 9.17) is 4.74 Å². The molecule has 2 aromatic rings. The Labute approximate surface area is 75.3 Å². The second kappa shape index (κ2) is 2.97. The number of aromatic nitrogens is 2. The van der Waals surface area contributed by atoms with E-state index >= 15 is 0 Å². The zero-order chi connectivity index (χ0) is 9.26. The summed E-state index contributed by atoms with van der Waals surface area (Å²) in [6.07, 6.45) is 0. The number of fused-ring (bicyclic) bond motifs is 1. The highest BCUT2D eigenvalue weighted by Gasteiger charge is 2.03. The first-order valence-corrected chi connectivity index (χ1v) is 4.10. The number of benzene rings is 1. The molecule has 4 nitrogen and oxygen atoms in total. The number of hydrogen-bond acceptors (Lipinski definition) is 3. The molecule has 68 valence electrons. The van der Waals surface area contributed by atoms with Crippen LogP contribution in [0.2, 0.25) is 0 Å². The molecule has 0 bridgehead atoms. The van der Waals surface area contributed by atoms with Crippen LogP contribution < -0.4 is 4.74 Å². The van der Waals surface area contributed by atoms with Crippen LogP contribution >= 0.6 is 0 Å². The van der Waals surface area contributed by atoms with Gasteiger partial charge in [0.1, 0.15) is 0 Å². The first-order valence-electron chi connectivity index (χ1n) is 4.10. The average molecular weight is 177 g/mol. The van der Waals surface area contributed by atoms with Crippen molar-refractivity contribution in [2.45, 2.75) is 6.92 Å². The summed E-state index contributed by atoms with van der Waals surface area (Å²) in [5.41, 5.74) is 1.21. The summed E-state index contributed by atoms with van der Waals surface area (Å²) in [7, 11) is 0. The smallest absolute Gasteiger partial charge is 0.292 e. The van der Waals surface area contributed by atoms with E-state index in [1.807, 2.05) is 13.0 Å². The third-order valence-corrected chi connectivity index (χ3v) is 1.76. The van der Waals surface area contributed by atoms with Crippen molar-refractivity contribution in [2.24, 2.45) is 0 Å². The molecule has 0 aliphatic heterocycles. The lowest BCUT2D eigenvalue weighted by molar-refractivity contribution is 0.309. The van der Waals surface area contributed by atoms with Gasteiger partial charge in [0.25, 0.3) is 6.01 Å². The molecule has 0 radical (unpaired) electrons. The van der Waals surface area contributed by atoms with Gasteiger partial charge in [0.05, 0.1) is 17.6 Å². The first kappa shape index (κ1) is 7.91. The Morgan fingerprint density at radius 3 is 2.92 bits per heavy atom. The van der Waals surface area contributed by atoms with Crippen molar-refractivity contribution in [3.8, 4) is 6.01 Å². The fraction of sp³-hybridized carbons (Fsp3) is 0.222. The molecule has 13 heavy (non-hydrogen) atoms. The van der Waals surface area contributed by atoms with E-state index in [1.54, 1.807) is 18.2 Å². The van der Waals surface area contributed by atoms with Gasteiger partial charge >= 0.3 is 0 Å². The molecule has 0 fully saturated rings. The van der Waals surface area contributed by atoms with Gasteiger partial charge in [-0.2, -0.15) is 4.98 Å². The van der Waals surface area contributed by atoms with Crippen molar-refractivity contribution in [3.63, 3.8) is 0 Å². The summed E-state index contributed by atoms with van der Waals surface area (Å²) in [5, 5.41) is 11.4. The van der Waals surface area contributed by atoms with Crippen molar-refractivity contribution in [1.29, 1.82) is 0 Å².